The predicted octanol–water partition coefficient (Wildman–Crippen LogP) is 3.97. The quantitative estimate of drug-likeness (QED) is 0.598. The zero-order valence-corrected chi connectivity index (χ0v) is 15.3. The van der Waals surface area contributed by atoms with Gasteiger partial charge in [-0.05, 0) is 67.2 Å². The molecule has 0 aliphatic carbocycles. The Hall–Kier alpha value is -3.45. The van der Waals surface area contributed by atoms with Crippen molar-refractivity contribution in [2.45, 2.75) is 6.92 Å². The first kappa shape index (κ1) is 18.3. The SMILES string of the molecule is Cc1ccccc1C(=O)Nc1ccc(NC(=S)NC(=O)c2ccco2)cc1. The Balaban J connectivity index is 1.57. The highest BCUT2D eigenvalue weighted by Crippen LogP contribution is 2.16. The van der Waals surface area contributed by atoms with Crippen molar-refractivity contribution >= 4 is 40.5 Å². The van der Waals surface area contributed by atoms with Crippen molar-refractivity contribution in [2.75, 3.05) is 10.6 Å². The molecule has 3 N–H and O–H groups in total. The molecule has 3 aromatic rings. The van der Waals surface area contributed by atoms with Crippen LogP contribution in [0.15, 0.2) is 71.3 Å². The summed E-state index contributed by atoms with van der Waals surface area (Å²) in [6.45, 7) is 1.89. The van der Waals surface area contributed by atoms with Gasteiger partial charge in [-0.25, -0.2) is 0 Å². The molecule has 27 heavy (non-hydrogen) atoms. The number of furan rings is 1. The van der Waals surface area contributed by atoms with Crippen molar-refractivity contribution in [2.24, 2.45) is 0 Å². The van der Waals surface area contributed by atoms with E-state index in [1.165, 1.54) is 6.26 Å². The second kappa shape index (κ2) is 8.29. The lowest BCUT2D eigenvalue weighted by atomic mass is 10.1. The summed E-state index contributed by atoms with van der Waals surface area (Å²) in [6.07, 6.45) is 1.41. The first-order valence-corrected chi connectivity index (χ1v) is 8.56. The Labute approximate surface area is 161 Å². The third kappa shape index (κ3) is 4.80. The van der Waals surface area contributed by atoms with Crippen LogP contribution in [-0.4, -0.2) is 16.9 Å². The van der Waals surface area contributed by atoms with Crippen LogP contribution in [0.3, 0.4) is 0 Å². The standard InChI is InChI=1S/C20H17N3O3S/c1-13-5-2-3-6-16(13)18(24)21-14-8-10-15(11-9-14)22-20(27)23-19(25)17-7-4-12-26-17/h2-12H,1H3,(H,21,24)(H2,22,23,25,27). The van der Waals surface area contributed by atoms with Gasteiger partial charge in [-0.2, -0.15) is 0 Å². The Morgan fingerprint density at radius 1 is 0.852 bits per heavy atom. The van der Waals surface area contributed by atoms with Gasteiger partial charge in [0.2, 0.25) is 0 Å². The Kier molecular flexibility index (Phi) is 5.63. The molecular weight excluding hydrogens is 362 g/mol. The number of carbonyl (C=O) groups excluding carboxylic acids is 2. The minimum absolute atomic E-state index is 0.146. The van der Waals surface area contributed by atoms with Crippen LogP contribution in [-0.2, 0) is 0 Å². The first-order valence-electron chi connectivity index (χ1n) is 8.16. The second-order valence-corrected chi connectivity index (χ2v) is 6.14. The molecule has 7 heteroatoms. The number of amides is 2. The van der Waals surface area contributed by atoms with Crippen LogP contribution < -0.4 is 16.0 Å². The summed E-state index contributed by atoms with van der Waals surface area (Å²) in [6, 6.07) is 17.5. The zero-order chi connectivity index (χ0) is 19.2. The molecule has 2 aromatic carbocycles. The molecule has 0 aliphatic rings. The summed E-state index contributed by atoms with van der Waals surface area (Å²) < 4.78 is 5.00. The minimum atomic E-state index is -0.431. The molecule has 0 fully saturated rings. The number of hydrogen-bond acceptors (Lipinski definition) is 4. The fourth-order valence-corrected chi connectivity index (χ4v) is 2.61. The van der Waals surface area contributed by atoms with Crippen molar-refractivity contribution in [3.63, 3.8) is 0 Å². The Bertz CT molecular complexity index is 966. The van der Waals surface area contributed by atoms with Crippen LogP contribution in [0.25, 0.3) is 0 Å². The van der Waals surface area contributed by atoms with Gasteiger partial charge in [0.05, 0.1) is 6.26 Å². The summed E-state index contributed by atoms with van der Waals surface area (Å²) in [7, 11) is 0. The van der Waals surface area contributed by atoms with Crippen molar-refractivity contribution in [1.29, 1.82) is 0 Å². The topological polar surface area (TPSA) is 83.4 Å². The number of aryl methyl sites for hydroxylation is 1. The third-order valence-corrected chi connectivity index (χ3v) is 3.97. The van der Waals surface area contributed by atoms with Crippen molar-refractivity contribution in [3.8, 4) is 0 Å². The lowest BCUT2D eigenvalue weighted by Crippen LogP contribution is -2.33. The molecule has 0 aliphatic heterocycles. The van der Waals surface area contributed by atoms with E-state index in [0.29, 0.717) is 16.9 Å². The lowest BCUT2D eigenvalue weighted by Gasteiger charge is -2.10. The molecule has 1 aromatic heterocycles. The normalized spacial score (nSPS) is 10.1. The molecule has 0 spiro atoms. The molecule has 1 heterocycles. The molecule has 2 amide bonds. The highest BCUT2D eigenvalue weighted by molar-refractivity contribution is 7.80. The number of thiocarbonyl (C=S) groups is 1. The monoisotopic (exact) mass is 379 g/mol. The number of anilines is 2. The van der Waals surface area contributed by atoms with E-state index in [-0.39, 0.29) is 16.8 Å². The van der Waals surface area contributed by atoms with Gasteiger partial charge in [0.15, 0.2) is 10.9 Å². The molecule has 136 valence electrons. The third-order valence-electron chi connectivity index (χ3n) is 3.76. The van der Waals surface area contributed by atoms with Crippen molar-refractivity contribution in [3.05, 3.63) is 83.8 Å². The zero-order valence-electron chi connectivity index (χ0n) is 14.5. The summed E-state index contributed by atoms with van der Waals surface area (Å²) >= 11 is 5.11. The average Bonchev–Trinajstić information content (AvgIpc) is 3.18. The molecule has 0 saturated carbocycles. The van der Waals surface area contributed by atoms with E-state index in [0.717, 1.165) is 5.56 Å². The van der Waals surface area contributed by atoms with Gasteiger partial charge in [-0.15, -0.1) is 0 Å². The van der Waals surface area contributed by atoms with Crippen LogP contribution in [0.4, 0.5) is 11.4 Å². The number of nitrogens with one attached hydrogen (secondary N) is 3. The first-order chi connectivity index (χ1) is 13.0. The van der Waals surface area contributed by atoms with Gasteiger partial charge in [0.1, 0.15) is 0 Å². The maximum atomic E-state index is 12.3. The molecular formula is C20H17N3O3S. The summed E-state index contributed by atoms with van der Waals surface area (Å²) in [5, 5.41) is 8.42. The van der Waals surface area contributed by atoms with E-state index >= 15 is 0 Å². The molecule has 6 nitrogen and oxygen atoms in total. The van der Waals surface area contributed by atoms with Crippen LogP contribution in [0.2, 0.25) is 0 Å². The lowest BCUT2D eigenvalue weighted by molar-refractivity contribution is 0.0950. The molecule has 0 saturated heterocycles. The van der Waals surface area contributed by atoms with Crippen molar-refractivity contribution in [1.82, 2.24) is 5.32 Å². The Morgan fingerprint density at radius 2 is 1.52 bits per heavy atom. The van der Waals surface area contributed by atoms with Gasteiger partial charge < -0.3 is 15.1 Å². The van der Waals surface area contributed by atoms with Crippen LogP contribution >= 0.6 is 12.2 Å². The Morgan fingerprint density at radius 3 is 2.15 bits per heavy atom. The highest BCUT2D eigenvalue weighted by Gasteiger charge is 2.11. The average molecular weight is 379 g/mol. The van der Waals surface area contributed by atoms with Crippen molar-refractivity contribution < 1.29 is 14.0 Å². The van der Waals surface area contributed by atoms with E-state index in [2.05, 4.69) is 16.0 Å². The van der Waals surface area contributed by atoms with Gasteiger partial charge in [0.25, 0.3) is 11.8 Å². The summed E-state index contributed by atoms with van der Waals surface area (Å²) in [4.78, 5) is 24.2. The number of rotatable bonds is 4. The van der Waals surface area contributed by atoms with Gasteiger partial charge in [-0.3, -0.25) is 14.9 Å². The van der Waals surface area contributed by atoms with E-state index < -0.39 is 5.91 Å². The summed E-state index contributed by atoms with van der Waals surface area (Å²) in [5.41, 5.74) is 2.86. The number of carbonyl (C=O) groups is 2. The fraction of sp³-hybridized carbons (Fsp3) is 0.0500. The fourth-order valence-electron chi connectivity index (χ4n) is 2.40. The molecule has 0 radical (unpaired) electrons. The number of hydrogen-bond donors (Lipinski definition) is 3. The van der Waals surface area contributed by atoms with Crippen LogP contribution in [0, 0.1) is 6.92 Å². The largest absolute Gasteiger partial charge is 0.459 e. The predicted molar refractivity (Wildman–Crippen MR) is 108 cm³/mol. The molecule has 3 rings (SSSR count). The minimum Gasteiger partial charge on any atom is -0.459 e. The smallest absolute Gasteiger partial charge is 0.293 e. The summed E-state index contributed by atoms with van der Waals surface area (Å²) in [5.74, 6) is -0.428. The second-order valence-electron chi connectivity index (χ2n) is 5.73. The van der Waals surface area contributed by atoms with Gasteiger partial charge in [0, 0.05) is 16.9 Å². The highest BCUT2D eigenvalue weighted by atomic mass is 32.1. The molecule has 0 bridgehead atoms. The van der Waals surface area contributed by atoms with Crippen LogP contribution in [0.5, 0.6) is 0 Å². The number of benzene rings is 2. The van der Waals surface area contributed by atoms with Gasteiger partial charge in [-0.1, -0.05) is 18.2 Å². The molecule has 0 atom stereocenters. The van der Waals surface area contributed by atoms with E-state index in [1.54, 1.807) is 42.5 Å². The van der Waals surface area contributed by atoms with Gasteiger partial charge >= 0.3 is 0 Å². The molecule has 0 unspecified atom stereocenters. The van der Waals surface area contributed by atoms with E-state index in [9.17, 15) is 9.59 Å². The maximum absolute atomic E-state index is 12.3. The van der Waals surface area contributed by atoms with Crippen LogP contribution in [0.1, 0.15) is 26.5 Å². The van der Waals surface area contributed by atoms with E-state index in [1.807, 2.05) is 25.1 Å². The maximum Gasteiger partial charge on any atom is 0.293 e. The van der Waals surface area contributed by atoms with E-state index in [4.69, 9.17) is 16.6 Å².